The van der Waals surface area contributed by atoms with E-state index in [2.05, 4.69) is 26.2 Å². The number of halogens is 4. The molecule has 1 aromatic rings. The fourth-order valence-corrected chi connectivity index (χ4v) is 1.03. The van der Waals surface area contributed by atoms with Crippen LogP contribution in [0.15, 0.2) is 22.9 Å². The first kappa shape index (κ1) is 11.3. The van der Waals surface area contributed by atoms with Crippen molar-refractivity contribution in [2.75, 3.05) is 5.32 Å². The molecule has 1 rings (SSSR count). The average molecular weight is 269 g/mol. The second-order valence-corrected chi connectivity index (χ2v) is 3.59. The summed E-state index contributed by atoms with van der Waals surface area (Å²) in [7, 11) is 0. The standard InChI is InChI=1S/C8H8BrF3N2/c1-5(8(10,11)12)14-6-2-3-7(9)13-4-6/h2-5,14H,1H3. The lowest BCUT2D eigenvalue weighted by atomic mass is 10.3. The van der Waals surface area contributed by atoms with Gasteiger partial charge >= 0.3 is 6.18 Å². The molecule has 0 bridgehead atoms. The maximum absolute atomic E-state index is 12.1. The minimum atomic E-state index is -4.24. The minimum absolute atomic E-state index is 0.345. The zero-order valence-electron chi connectivity index (χ0n) is 7.27. The van der Waals surface area contributed by atoms with E-state index in [1.165, 1.54) is 12.3 Å². The van der Waals surface area contributed by atoms with Crippen LogP contribution >= 0.6 is 15.9 Å². The van der Waals surface area contributed by atoms with Crippen molar-refractivity contribution in [1.82, 2.24) is 4.98 Å². The molecule has 0 amide bonds. The second-order valence-electron chi connectivity index (χ2n) is 2.78. The van der Waals surface area contributed by atoms with E-state index in [4.69, 9.17) is 0 Å². The summed E-state index contributed by atoms with van der Waals surface area (Å²) in [5.74, 6) is 0. The Morgan fingerprint density at radius 1 is 1.43 bits per heavy atom. The van der Waals surface area contributed by atoms with Gasteiger partial charge in [-0.15, -0.1) is 0 Å². The van der Waals surface area contributed by atoms with E-state index in [0.717, 1.165) is 6.92 Å². The van der Waals surface area contributed by atoms with E-state index >= 15 is 0 Å². The van der Waals surface area contributed by atoms with Crippen molar-refractivity contribution in [2.24, 2.45) is 0 Å². The van der Waals surface area contributed by atoms with Gasteiger partial charge in [0.1, 0.15) is 10.6 Å². The van der Waals surface area contributed by atoms with Crippen LogP contribution in [0.2, 0.25) is 0 Å². The molecule has 0 aromatic carbocycles. The van der Waals surface area contributed by atoms with Gasteiger partial charge < -0.3 is 5.32 Å². The predicted octanol–water partition coefficient (Wildman–Crippen LogP) is 3.21. The van der Waals surface area contributed by atoms with E-state index in [0.29, 0.717) is 10.3 Å². The van der Waals surface area contributed by atoms with E-state index < -0.39 is 12.2 Å². The summed E-state index contributed by atoms with van der Waals surface area (Å²) in [5.41, 5.74) is 0.345. The molecule has 0 aliphatic rings. The van der Waals surface area contributed by atoms with Gasteiger partial charge in [-0.05, 0) is 35.0 Å². The van der Waals surface area contributed by atoms with Crippen LogP contribution in [-0.2, 0) is 0 Å². The Morgan fingerprint density at radius 3 is 2.50 bits per heavy atom. The van der Waals surface area contributed by atoms with E-state index in [9.17, 15) is 13.2 Å². The summed E-state index contributed by atoms with van der Waals surface area (Å²) in [5, 5.41) is 2.30. The summed E-state index contributed by atoms with van der Waals surface area (Å²) < 4.78 is 37.0. The molecule has 1 N–H and O–H groups in total. The van der Waals surface area contributed by atoms with E-state index in [1.807, 2.05) is 0 Å². The number of rotatable bonds is 2. The zero-order valence-corrected chi connectivity index (χ0v) is 8.85. The fraction of sp³-hybridized carbons (Fsp3) is 0.375. The third-order valence-corrected chi connectivity index (χ3v) is 2.07. The second kappa shape index (κ2) is 4.16. The van der Waals surface area contributed by atoms with Crippen LogP contribution in [0.5, 0.6) is 0 Å². The Morgan fingerprint density at radius 2 is 2.07 bits per heavy atom. The van der Waals surface area contributed by atoms with Crippen molar-refractivity contribution in [2.45, 2.75) is 19.1 Å². The van der Waals surface area contributed by atoms with Crippen LogP contribution in [0.3, 0.4) is 0 Å². The predicted molar refractivity (Wildman–Crippen MR) is 51.1 cm³/mol. The lowest BCUT2D eigenvalue weighted by Gasteiger charge is -2.17. The van der Waals surface area contributed by atoms with Crippen molar-refractivity contribution in [3.05, 3.63) is 22.9 Å². The first-order chi connectivity index (χ1) is 6.39. The smallest absolute Gasteiger partial charge is 0.373 e. The van der Waals surface area contributed by atoms with Crippen molar-refractivity contribution >= 4 is 21.6 Å². The number of nitrogens with one attached hydrogen (secondary N) is 1. The van der Waals surface area contributed by atoms with Crippen LogP contribution in [0, 0.1) is 0 Å². The van der Waals surface area contributed by atoms with Gasteiger partial charge in [0.25, 0.3) is 0 Å². The molecule has 1 heterocycles. The van der Waals surface area contributed by atoms with Crippen molar-refractivity contribution in [1.29, 1.82) is 0 Å². The molecule has 0 saturated carbocycles. The Labute approximate surface area is 87.7 Å². The molecular formula is C8H8BrF3N2. The Kier molecular flexibility index (Phi) is 3.36. The van der Waals surface area contributed by atoms with Crippen LogP contribution in [0.25, 0.3) is 0 Å². The molecule has 2 nitrogen and oxygen atoms in total. The molecule has 1 atom stereocenters. The number of pyridine rings is 1. The maximum atomic E-state index is 12.1. The molecule has 78 valence electrons. The Bertz CT molecular complexity index is 296. The molecule has 0 saturated heterocycles. The third-order valence-electron chi connectivity index (χ3n) is 1.60. The van der Waals surface area contributed by atoms with Gasteiger partial charge in [-0.3, -0.25) is 0 Å². The van der Waals surface area contributed by atoms with Crippen molar-refractivity contribution in [3.63, 3.8) is 0 Å². The summed E-state index contributed by atoms with van der Waals surface area (Å²) in [6, 6.07) is 1.52. The number of hydrogen-bond acceptors (Lipinski definition) is 2. The highest BCUT2D eigenvalue weighted by Gasteiger charge is 2.35. The summed E-state index contributed by atoms with van der Waals surface area (Å²) in [6.45, 7) is 1.06. The van der Waals surface area contributed by atoms with Crippen molar-refractivity contribution < 1.29 is 13.2 Å². The monoisotopic (exact) mass is 268 g/mol. The minimum Gasteiger partial charge on any atom is -0.373 e. The van der Waals surface area contributed by atoms with Gasteiger partial charge in [0.05, 0.1) is 11.9 Å². The zero-order chi connectivity index (χ0) is 10.8. The Balaban J connectivity index is 2.65. The van der Waals surface area contributed by atoms with Gasteiger partial charge in [-0.2, -0.15) is 13.2 Å². The summed E-state index contributed by atoms with van der Waals surface area (Å²) >= 11 is 3.09. The number of anilines is 1. The van der Waals surface area contributed by atoms with Crippen LogP contribution in [-0.4, -0.2) is 17.2 Å². The number of aromatic nitrogens is 1. The van der Waals surface area contributed by atoms with Gasteiger partial charge in [0.15, 0.2) is 0 Å². The molecule has 0 spiro atoms. The molecular weight excluding hydrogens is 261 g/mol. The SMILES string of the molecule is CC(Nc1ccc(Br)nc1)C(F)(F)F. The molecule has 6 heteroatoms. The first-order valence-electron chi connectivity index (χ1n) is 3.84. The van der Waals surface area contributed by atoms with E-state index in [1.54, 1.807) is 6.07 Å². The number of nitrogens with zero attached hydrogens (tertiary/aromatic N) is 1. The fourth-order valence-electron chi connectivity index (χ4n) is 0.793. The highest BCUT2D eigenvalue weighted by atomic mass is 79.9. The molecule has 0 aliphatic heterocycles. The van der Waals surface area contributed by atoms with Gasteiger partial charge in [-0.25, -0.2) is 4.98 Å². The summed E-state index contributed by atoms with van der Waals surface area (Å²) in [6.07, 6.45) is -2.90. The highest BCUT2D eigenvalue weighted by molar-refractivity contribution is 9.10. The van der Waals surface area contributed by atoms with Crippen molar-refractivity contribution in [3.8, 4) is 0 Å². The third kappa shape index (κ3) is 3.17. The van der Waals surface area contributed by atoms with E-state index in [-0.39, 0.29) is 0 Å². The van der Waals surface area contributed by atoms with Crippen LogP contribution in [0.4, 0.5) is 18.9 Å². The van der Waals surface area contributed by atoms with Gasteiger partial charge in [0.2, 0.25) is 0 Å². The molecule has 0 aliphatic carbocycles. The first-order valence-corrected chi connectivity index (χ1v) is 4.63. The molecule has 14 heavy (non-hydrogen) atoms. The van der Waals surface area contributed by atoms with Crippen LogP contribution in [0.1, 0.15) is 6.92 Å². The maximum Gasteiger partial charge on any atom is 0.408 e. The molecule has 0 fully saturated rings. The number of alkyl halides is 3. The molecule has 1 unspecified atom stereocenters. The van der Waals surface area contributed by atoms with Gasteiger partial charge in [-0.1, -0.05) is 0 Å². The highest BCUT2D eigenvalue weighted by Crippen LogP contribution is 2.23. The average Bonchev–Trinajstić information content (AvgIpc) is 2.07. The quantitative estimate of drug-likeness (QED) is 0.834. The largest absolute Gasteiger partial charge is 0.408 e. The lowest BCUT2D eigenvalue weighted by Crippen LogP contribution is -2.33. The topological polar surface area (TPSA) is 24.9 Å². The lowest BCUT2D eigenvalue weighted by molar-refractivity contribution is -0.138. The van der Waals surface area contributed by atoms with Gasteiger partial charge in [0, 0.05) is 0 Å². The molecule has 1 aromatic heterocycles. The number of hydrogen-bond donors (Lipinski definition) is 1. The molecule has 0 radical (unpaired) electrons. The van der Waals surface area contributed by atoms with Crippen LogP contribution < -0.4 is 5.32 Å². The Hall–Kier alpha value is -0.780. The normalized spacial score (nSPS) is 13.8. The summed E-state index contributed by atoms with van der Waals surface area (Å²) in [4.78, 5) is 3.80.